The van der Waals surface area contributed by atoms with E-state index in [2.05, 4.69) is 31.6 Å². The molecule has 1 N–H and O–H groups in total. The van der Waals surface area contributed by atoms with Crippen molar-refractivity contribution in [3.63, 3.8) is 0 Å². The van der Waals surface area contributed by atoms with Crippen LogP contribution in [0, 0.1) is 10.1 Å². The number of hydrazone groups is 1. The Morgan fingerprint density at radius 2 is 2.07 bits per heavy atom. The number of methoxy groups -OCH3 is 1. The monoisotopic (exact) mass is 457 g/mol. The molecular weight excluding hydrogens is 442 g/mol. The van der Waals surface area contributed by atoms with E-state index in [1.807, 2.05) is 12.1 Å². The van der Waals surface area contributed by atoms with Gasteiger partial charge in [-0.05, 0) is 29.8 Å². The topological polar surface area (TPSA) is 112 Å². The summed E-state index contributed by atoms with van der Waals surface area (Å²) in [5.41, 5.74) is 4.17. The van der Waals surface area contributed by atoms with Crippen molar-refractivity contribution < 1.29 is 14.5 Å². The molecule has 1 amide bonds. The molecule has 0 aliphatic carbocycles. The van der Waals surface area contributed by atoms with Gasteiger partial charge in [0.25, 0.3) is 11.6 Å². The van der Waals surface area contributed by atoms with E-state index in [1.165, 1.54) is 18.3 Å². The van der Waals surface area contributed by atoms with Crippen LogP contribution in [0.2, 0.25) is 0 Å². The Bertz CT molecular complexity index is 1060. The SMILES string of the molecule is COc1ccc(Br)cc1/C=N\NC(=O)c1ccn(Cc2ccc([N+](=O)[O-])cc2)n1. The number of nitro groups is 1. The summed E-state index contributed by atoms with van der Waals surface area (Å²) in [5.74, 6) is 0.163. The van der Waals surface area contributed by atoms with E-state index in [9.17, 15) is 14.9 Å². The van der Waals surface area contributed by atoms with Gasteiger partial charge >= 0.3 is 0 Å². The molecule has 0 spiro atoms. The molecule has 148 valence electrons. The first kappa shape index (κ1) is 20.2. The molecule has 1 heterocycles. The lowest BCUT2D eigenvalue weighted by Crippen LogP contribution is -2.18. The summed E-state index contributed by atoms with van der Waals surface area (Å²) < 4.78 is 7.67. The fraction of sp³-hybridized carbons (Fsp3) is 0.105. The maximum Gasteiger partial charge on any atom is 0.291 e. The molecule has 3 rings (SSSR count). The highest BCUT2D eigenvalue weighted by Gasteiger charge is 2.10. The van der Waals surface area contributed by atoms with E-state index in [4.69, 9.17) is 4.74 Å². The van der Waals surface area contributed by atoms with Crippen molar-refractivity contribution in [2.45, 2.75) is 6.54 Å². The Morgan fingerprint density at radius 1 is 1.31 bits per heavy atom. The maximum absolute atomic E-state index is 12.2. The van der Waals surface area contributed by atoms with Gasteiger partial charge in [0, 0.05) is 28.4 Å². The highest BCUT2D eigenvalue weighted by atomic mass is 79.9. The van der Waals surface area contributed by atoms with Crippen molar-refractivity contribution in [1.29, 1.82) is 0 Å². The van der Waals surface area contributed by atoms with Crippen molar-refractivity contribution >= 4 is 33.7 Å². The zero-order valence-corrected chi connectivity index (χ0v) is 16.9. The van der Waals surface area contributed by atoms with E-state index in [0.717, 1.165) is 10.0 Å². The van der Waals surface area contributed by atoms with Gasteiger partial charge in [0.2, 0.25) is 0 Å². The number of nitrogens with one attached hydrogen (secondary N) is 1. The minimum absolute atomic E-state index is 0.0224. The number of nitro benzene ring substituents is 1. The number of ether oxygens (including phenoxy) is 1. The summed E-state index contributed by atoms with van der Waals surface area (Å²) in [6.07, 6.45) is 3.13. The van der Waals surface area contributed by atoms with Crippen molar-refractivity contribution in [3.05, 3.63) is 86.1 Å². The first-order chi connectivity index (χ1) is 14.0. The number of carbonyl (C=O) groups excluding carboxylic acids is 1. The summed E-state index contributed by atoms with van der Waals surface area (Å²) in [5, 5.41) is 18.9. The molecule has 0 aliphatic rings. The van der Waals surface area contributed by atoms with Gasteiger partial charge in [-0.1, -0.05) is 28.1 Å². The Hall–Kier alpha value is -3.53. The zero-order chi connectivity index (χ0) is 20.8. The number of hydrogen-bond acceptors (Lipinski definition) is 6. The standard InChI is InChI=1S/C19H16BrN5O4/c1-29-18-7-4-15(20)10-14(18)11-21-22-19(26)17-8-9-24(23-17)12-13-2-5-16(6-3-13)25(27)28/h2-11H,12H2,1H3,(H,22,26)/b21-11-. The first-order valence-corrected chi connectivity index (χ1v) is 9.19. The minimum Gasteiger partial charge on any atom is -0.496 e. The van der Waals surface area contributed by atoms with Gasteiger partial charge < -0.3 is 4.74 Å². The number of rotatable bonds is 7. The van der Waals surface area contributed by atoms with Gasteiger partial charge in [0.1, 0.15) is 5.75 Å². The largest absolute Gasteiger partial charge is 0.496 e. The number of hydrogen-bond donors (Lipinski definition) is 1. The van der Waals surface area contributed by atoms with Crippen LogP contribution in [-0.4, -0.2) is 33.9 Å². The molecule has 29 heavy (non-hydrogen) atoms. The number of carbonyl (C=O) groups is 1. The predicted molar refractivity (Wildman–Crippen MR) is 110 cm³/mol. The van der Waals surface area contributed by atoms with Crippen LogP contribution in [0.4, 0.5) is 5.69 Å². The van der Waals surface area contributed by atoms with Gasteiger partial charge in [-0.25, -0.2) is 5.43 Å². The van der Waals surface area contributed by atoms with Crippen LogP contribution in [0.3, 0.4) is 0 Å². The van der Waals surface area contributed by atoms with E-state index < -0.39 is 10.8 Å². The van der Waals surface area contributed by atoms with E-state index in [-0.39, 0.29) is 11.4 Å². The lowest BCUT2D eigenvalue weighted by Gasteiger charge is -2.04. The highest BCUT2D eigenvalue weighted by molar-refractivity contribution is 9.10. The summed E-state index contributed by atoms with van der Waals surface area (Å²) >= 11 is 3.37. The Balaban J connectivity index is 1.62. The molecule has 3 aromatic rings. The van der Waals surface area contributed by atoms with E-state index in [0.29, 0.717) is 17.9 Å². The number of halogens is 1. The summed E-state index contributed by atoms with van der Waals surface area (Å²) in [6.45, 7) is 0.379. The van der Waals surface area contributed by atoms with Crippen LogP contribution < -0.4 is 10.2 Å². The number of nitrogens with zero attached hydrogens (tertiary/aromatic N) is 4. The second-order valence-corrected chi connectivity index (χ2v) is 6.82. The lowest BCUT2D eigenvalue weighted by molar-refractivity contribution is -0.384. The molecule has 1 aromatic heterocycles. The molecule has 0 fully saturated rings. The Kier molecular flexibility index (Phi) is 6.35. The zero-order valence-electron chi connectivity index (χ0n) is 15.3. The van der Waals surface area contributed by atoms with Gasteiger partial charge in [-0.2, -0.15) is 10.2 Å². The van der Waals surface area contributed by atoms with Crippen LogP contribution >= 0.6 is 15.9 Å². The third-order valence-corrected chi connectivity index (χ3v) is 4.42. The number of non-ortho nitro benzene ring substituents is 1. The number of amides is 1. The van der Waals surface area contributed by atoms with Crippen LogP contribution in [0.5, 0.6) is 5.75 Å². The summed E-state index contributed by atoms with van der Waals surface area (Å²) in [6, 6.07) is 13.2. The second-order valence-electron chi connectivity index (χ2n) is 5.91. The number of benzene rings is 2. The third kappa shape index (κ3) is 5.26. The maximum atomic E-state index is 12.2. The molecule has 0 saturated carbocycles. The normalized spacial score (nSPS) is 10.8. The average molecular weight is 458 g/mol. The highest BCUT2D eigenvalue weighted by Crippen LogP contribution is 2.21. The minimum atomic E-state index is -0.460. The smallest absolute Gasteiger partial charge is 0.291 e. The Morgan fingerprint density at radius 3 is 2.76 bits per heavy atom. The molecule has 0 bridgehead atoms. The first-order valence-electron chi connectivity index (χ1n) is 8.40. The van der Waals surface area contributed by atoms with Gasteiger partial charge in [0.15, 0.2) is 5.69 Å². The summed E-state index contributed by atoms with van der Waals surface area (Å²) in [7, 11) is 1.55. The molecule has 0 aliphatic heterocycles. The molecule has 0 atom stereocenters. The fourth-order valence-corrected chi connectivity index (χ4v) is 2.88. The molecule has 10 heteroatoms. The van der Waals surface area contributed by atoms with Crippen LogP contribution in [-0.2, 0) is 6.54 Å². The molecule has 0 unspecified atom stereocenters. The lowest BCUT2D eigenvalue weighted by atomic mass is 10.2. The van der Waals surface area contributed by atoms with Gasteiger partial charge in [-0.15, -0.1) is 0 Å². The second kappa shape index (κ2) is 9.11. The molecule has 9 nitrogen and oxygen atoms in total. The molecule has 2 aromatic carbocycles. The van der Waals surface area contributed by atoms with Crippen molar-refractivity contribution in [1.82, 2.24) is 15.2 Å². The number of aromatic nitrogens is 2. The van der Waals surface area contributed by atoms with Crippen molar-refractivity contribution in [3.8, 4) is 5.75 Å². The quantitative estimate of drug-likeness (QED) is 0.332. The fourth-order valence-electron chi connectivity index (χ4n) is 2.50. The van der Waals surface area contributed by atoms with Crippen LogP contribution in [0.1, 0.15) is 21.6 Å². The molecular formula is C19H16BrN5O4. The van der Waals surface area contributed by atoms with Gasteiger partial charge in [-0.3, -0.25) is 19.6 Å². The molecule has 0 radical (unpaired) electrons. The van der Waals surface area contributed by atoms with Crippen LogP contribution in [0.25, 0.3) is 0 Å². The predicted octanol–water partition coefficient (Wildman–Crippen LogP) is 3.37. The summed E-state index contributed by atoms with van der Waals surface area (Å²) in [4.78, 5) is 22.5. The Labute approximate surface area is 174 Å². The average Bonchev–Trinajstić information content (AvgIpc) is 3.17. The third-order valence-electron chi connectivity index (χ3n) is 3.93. The van der Waals surface area contributed by atoms with Crippen molar-refractivity contribution in [2.24, 2.45) is 5.10 Å². The van der Waals surface area contributed by atoms with Crippen molar-refractivity contribution in [2.75, 3.05) is 7.11 Å². The van der Waals surface area contributed by atoms with Gasteiger partial charge in [0.05, 0.1) is 24.8 Å². The molecule has 0 saturated heterocycles. The van der Waals surface area contributed by atoms with E-state index >= 15 is 0 Å². The van der Waals surface area contributed by atoms with Crippen LogP contribution in [0.15, 0.2) is 64.3 Å². The van der Waals surface area contributed by atoms with E-state index in [1.54, 1.807) is 42.3 Å².